The van der Waals surface area contributed by atoms with E-state index in [-0.39, 0.29) is 13.0 Å². The van der Waals surface area contributed by atoms with E-state index in [1.54, 1.807) is 6.20 Å². The summed E-state index contributed by atoms with van der Waals surface area (Å²) in [6.07, 6.45) is 1.06. The number of hydrogen-bond donors (Lipinski definition) is 3. The zero-order valence-electron chi connectivity index (χ0n) is 17.9. The van der Waals surface area contributed by atoms with Gasteiger partial charge in [-0.25, -0.2) is 9.59 Å². The fraction of sp³-hybridized carbons (Fsp3) is 0.154. The van der Waals surface area contributed by atoms with Crippen LogP contribution in [0.25, 0.3) is 10.9 Å². The van der Waals surface area contributed by atoms with Crippen LogP contribution in [0.1, 0.15) is 16.7 Å². The molecule has 7 heteroatoms. The molecule has 0 fully saturated rings. The van der Waals surface area contributed by atoms with Crippen LogP contribution in [-0.2, 0) is 29.2 Å². The van der Waals surface area contributed by atoms with Gasteiger partial charge in [-0.15, -0.1) is 0 Å². The van der Waals surface area contributed by atoms with Crippen molar-refractivity contribution in [3.8, 4) is 5.75 Å². The van der Waals surface area contributed by atoms with E-state index >= 15 is 0 Å². The number of aromatic amines is 1. The predicted octanol–water partition coefficient (Wildman–Crippen LogP) is 4.67. The maximum atomic E-state index is 12.2. The molecule has 168 valence electrons. The number of carboxylic acids is 1. The molecule has 1 amide bonds. The number of aliphatic carboxylic acids is 1. The van der Waals surface area contributed by atoms with E-state index in [0.29, 0.717) is 12.4 Å². The molecule has 0 spiro atoms. The van der Waals surface area contributed by atoms with Crippen LogP contribution < -0.4 is 10.1 Å². The number of carbonyl (C=O) groups is 2. The van der Waals surface area contributed by atoms with Crippen LogP contribution in [-0.4, -0.2) is 28.2 Å². The lowest BCUT2D eigenvalue weighted by Crippen LogP contribution is -2.42. The second kappa shape index (κ2) is 10.4. The number of aromatic nitrogens is 1. The summed E-state index contributed by atoms with van der Waals surface area (Å²) >= 11 is 0. The fourth-order valence-corrected chi connectivity index (χ4v) is 3.54. The molecular formula is C26H24N2O5. The van der Waals surface area contributed by atoms with E-state index in [9.17, 15) is 14.7 Å². The van der Waals surface area contributed by atoms with Crippen LogP contribution in [0.5, 0.6) is 5.75 Å². The highest BCUT2D eigenvalue weighted by molar-refractivity contribution is 5.89. The van der Waals surface area contributed by atoms with Gasteiger partial charge in [0.15, 0.2) is 0 Å². The number of nitrogens with one attached hydrogen (secondary N) is 2. The van der Waals surface area contributed by atoms with Gasteiger partial charge in [-0.2, -0.15) is 0 Å². The second-order valence-electron chi connectivity index (χ2n) is 7.57. The standard InChI is InChI=1S/C26H24N2O5/c29-25(30)22(28-26(31)33-17-19-10-5-2-6-11-19)14-20-15-27-24-21(20)12-7-13-23(24)32-16-18-8-3-1-4-9-18/h1-13,15,22,27H,14,16-17H2,(H,28,31)(H,29,30)/t22-/m1/s1. The first-order valence-electron chi connectivity index (χ1n) is 10.6. The van der Waals surface area contributed by atoms with Crippen molar-refractivity contribution in [3.63, 3.8) is 0 Å². The number of benzene rings is 3. The largest absolute Gasteiger partial charge is 0.487 e. The highest BCUT2D eigenvalue weighted by Gasteiger charge is 2.23. The molecule has 0 saturated heterocycles. The Balaban J connectivity index is 1.42. The second-order valence-corrected chi connectivity index (χ2v) is 7.57. The lowest BCUT2D eigenvalue weighted by atomic mass is 10.0. The number of ether oxygens (including phenoxy) is 2. The summed E-state index contributed by atoms with van der Waals surface area (Å²) < 4.78 is 11.1. The molecule has 4 aromatic rings. The molecule has 1 atom stereocenters. The van der Waals surface area contributed by atoms with Gasteiger partial charge in [0, 0.05) is 18.0 Å². The molecule has 4 rings (SSSR count). The van der Waals surface area contributed by atoms with Crippen molar-refractivity contribution in [2.24, 2.45) is 0 Å². The number of hydrogen-bond acceptors (Lipinski definition) is 4. The number of rotatable bonds is 9. The molecule has 0 aliphatic rings. The Bertz CT molecular complexity index is 1220. The molecule has 3 aromatic carbocycles. The van der Waals surface area contributed by atoms with Crippen LogP contribution in [0.2, 0.25) is 0 Å². The minimum atomic E-state index is -1.14. The van der Waals surface area contributed by atoms with Crippen molar-refractivity contribution in [1.82, 2.24) is 10.3 Å². The first kappa shape index (κ1) is 22.0. The zero-order valence-corrected chi connectivity index (χ0v) is 17.9. The van der Waals surface area contributed by atoms with Crippen molar-refractivity contribution in [3.05, 3.63) is 102 Å². The first-order valence-corrected chi connectivity index (χ1v) is 10.6. The van der Waals surface area contributed by atoms with E-state index in [2.05, 4.69) is 10.3 Å². The van der Waals surface area contributed by atoms with Crippen molar-refractivity contribution >= 4 is 23.0 Å². The van der Waals surface area contributed by atoms with Gasteiger partial charge in [0.1, 0.15) is 25.0 Å². The molecule has 7 nitrogen and oxygen atoms in total. The summed E-state index contributed by atoms with van der Waals surface area (Å²) in [6.45, 7) is 0.481. The molecule has 0 aliphatic carbocycles. The van der Waals surface area contributed by atoms with Gasteiger partial charge in [-0.05, 0) is 22.8 Å². The van der Waals surface area contributed by atoms with Crippen LogP contribution in [0.15, 0.2) is 85.1 Å². The van der Waals surface area contributed by atoms with E-state index < -0.39 is 18.1 Å². The average molecular weight is 444 g/mol. The number of carboxylic acid groups (broad SMARTS) is 1. The number of para-hydroxylation sites is 1. The Kier molecular flexibility index (Phi) is 6.90. The Morgan fingerprint density at radius 3 is 2.21 bits per heavy atom. The topological polar surface area (TPSA) is 101 Å². The van der Waals surface area contributed by atoms with Gasteiger partial charge in [0.2, 0.25) is 0 Å². The number of amides is 1. The zero-order chi connectivity index (χ0) is 23.0. The number of fused-ring (bicyclic) bond motifs is 1. The van der Waals surface area contributed by atoms with Gasteiger partial charge in [0.05, 0.1) is 5.52 Å². The molecular weight excluding hydrogens is 420 g/mol. The Morgan fingerprint density at radius 2 is 1.55 bits per heavy atom. The smallest absolute Gasteiger partial charge is 0.408 e. The summed E-state index contributed by atoms with van der Waals surface area (Å²) in [5.74, 6) is -0.470. The van der Waals surface area contributed by atoms with E-state index in [1.165, 1.54) is 0 Å². The molecule has 1 aromatic heterocycles. The van der Waals surface area contributed by atoms with Crippen molar-refractivity contribution in [2.45, 2.75) is 25.7 Å². The minimum Gasteiger partial charge on any atom is -0.487 e. The third-order valence-corrected chi connectivity index (χ3v) is 5.23. The van der Waals surface area contributed by atoms with Crippen molar-refractivity contribution in [1.29, 1.82) is 0 Å². The third-order valence-electron chi connectivity index (χ3n) is 5.23. The Morgan fingerprint density at radius 1 is 0.879 bits per heavy atom. The number of carbonyl (C=O) groups excluding carboxylic acids is 1. The van der Waals surface area contributed by atoms with Gasteiger partial charge in [-0.1, -0.05) is 72.8 Å². The van der Waals surface area contributed by atoms with E-state index in [0.717, 1.165) is 27.6 Å². The van der Waals surface area contributed by atoms with Crippen LogP contribution in [0.4, 0.5) is 4.79 Å². The quantitative estimate of drug-likeness (QED) is 0.348. The fourth-order valence-electron chi connectivity index (χ4n) is 3.54. The highest BCUT2D eigenvalue weighted by Crippen LogP contribution is 2.28. The summed E-state index contributed by atoms with van der Waals surface area (Å²) in [5.41, 5.74) is 3.40. The molecule has 0 aliphatic heterocycles. The summed E-state index contributed by atoms with van der Waals surface area (Å²) in [4.78, 5) is 27.1. The monoisotopic (exact) mass is 444 g/mol. The minimum absolute atomic E-state index is 0.0637. The Hall–Kier alpha value is -4.26. The van der Waals surface area contributed by atoms with Crippen LogP contribution in [0, 0.1) is 0 Å². The Labute approximate surface area is 191 Å². The van der Waals surface area contributed by atoms with Crippen molar-refractivity contribution in [2.75, 3.05) is 0 Å². The molecule has 0 radical (unpaired) electrons. The maximum absolute atomic E-state index is 12.2. The molecule has 1 heterocycles. The molecule has 33 heavy (non-hydrogen) atoms. The average Bonchev–Trinajstić information content (AvgIpc) is 3.25. The van der Waals surface area contributed by atoms with Gasteiger partial charge < -0.3 is 24.9 Å². The van der Waals surface area contributed by atoms with Gasteiger partial charge in [-0.3, -0.25) is 0 Å². The lowest BCUT2D eigenvalue weighted by molar-refractivity contribution is -0.139. The summed E-state index contributed by atoms with van der Waals surface area (Å²) in [5, 5.41) is 12.9. The SMILES string of the molecule is O=C(N[C@H](Cc1c[nH]c2c(OCc3ccccc3)cccc12)C(=O)O)OCc1ccccc1. The lowest BCUT2D eigenvalue weighted by Gasteiger charge is -2.14. The van der Waals surface area contributed by atoms with Gasteiger partial charge in [0.25, 0.3) is 0 Å². The van der Waals surface area contributed by atoms with Crippen LogP contribution >= 0.6 is 0 Å². The third kappa shape index (κ3) is 5.71. The molecule has 0 saturated carbocycles. The highest BCUT2D eigenvalue weighted by atomic mass is 16.5. The summed E-state index contributed by atoms with van der Waals surface area (Å²) in [7, 11) is 0. The first-order chi connectivity index (χ1) is 16.1. The number of H-pyrrole nitrogens is 1. The molecule has 3 N–H and O–H groups in total. The maximum Gasteiger partial charge on any atom is 0.408 e. The molecule has 0 unspecified atom stereocenters. The predicted molar refractivity (Wildman–Crippen MR) is 124 cm³/mol. The normalized spacial score (nSPS) is 11.6. The summed E-state index contributed by atoms with van der Waals surface area (Å²) in [6, 6.07) is 23.5. The number of alkyl carbamates (subject to hydrolysis) is 1. The molecule has 0 bridgehead atoms. The van der Waals surface area contributed by atoms with E-state index in [4.69, 9.17) is 9.47 Å². The van der Waals surface area contributed by atoms with Gasteiger partial charge >= 0.3 is 12.1 Å². The van der Waals surface area contributed by atoms with Crippen molar-refractivity contribution < 1.29 is 24.2 Å². The van der Waals surface area contributed by atoms with E-state index in [1.807, 2.05) is 78.9 Å². The van der Waals surface area contributed by atoms with Crippen LogP contribution in [0.3, 0.4) is 0 Å².